The standard InChI is InChI=1S/C15H12Cl2O3S/c16-10-1-4-12(5-2-10)21-8-7-20-15(19)13-9-11(17)3-6-14(13)18/h1-6,9,18H,7-8H2. The lowest BCUT2D eigenvalue weighted by Crippen LogP contribution is -2.08. The second-order valence-electron chi connectivity index (χ2n) is 4.10. The van der Waals surface area contributed by atoms with Crippen molar-refractivity contribution in [3.8, 4) is 5.75 Å². The van der Waals surface area contributed by atoms with E-state index in [1.807, 2.05) is 12.1 Å². The Kier molecular flexibility index (Phi) is 5.79. The lowest BCUT2D eigenvalue weighted by Gasteiger charge is -2.07. The summed E-state index contributed by atoms with van der Waals surface area (Å²) in [6, 6.07) is 11.7. The number of carbonyl (C=O) groups is 1. The zero-order valence-electron chi connectivity index (χ0n) is 10.9. The minimum absolute atomic E-state index is 0.0685. The lowest BCUT2D eigenvalue weighted by atomic mass is 10.2. The summed E-state index contributed by atoms with van der Waals surface area (Å²) >= 11 is 13.1. The number of rotatable bonds is 5. The summed E-state index contributed by atoms with van der Waals surface area (Å²) in [6.07, 6.45) is 0. The highest BCUT2D eigenvalue weighted by molar-refractivity contribution is 7.99. The zero-order valence-corrected chi connectivity index (χ0v) is 13.2. The zero-order chi connectivity index (χ0) is 15.2. The van der Waals surface area contributed by atoms with Gasteiger partial charge < -0.3 is 9.84 Å². The smallest absolute Gasteiger partial charge is 0.341 e. The molecule has 1 N–H and O–H groups in total. The molecule has 3 nitrogen and oxygen atoms in total. The van der Waals surface area contributed by atoms with Gasteiger partial charge in [0.25, 0.3) is 0 Å². The predicted molar refractivity (Wildman–Crippen MR) is 85.6 cm³/mol. The van der Waals surface area contributed by atoms with E-state index < -0.39 is 5.97 Å². The third-order valence-corrected chi connectivity index (χ3v) is 4.04. The first-order valence-electron chi connectivity index (χ1n) is 6.10. The Bertz CT molecular complexity index is 629. The molecule has 0 radical (unpaired) electrons. The first kappa shape index (κ1) is 16.0. The van der Waals surface area contributed by atoms with Gasteiger partial charge in [-0.25, -0.2) is 4.79 Å². The van der Waals surface area contributed by atoms with Gasteiger partial charge in [-0.15, -0.1) is 11.8 Å². The predicted octanol–water partition coefficient (Wildman–Crippen LogP) is 4.65. The fourth-order valence-electron chi connectivity index (χ4n) is 1.57. The van der Waals surface area contributed by atoms with E-state index in [-0.39, 0.29) is 17.9 Å². The monoisotopic (exact) mass is 342 g/mol. The number of benzene rings is 2. The van der Waals surface area contributed by atoms with Gasteiger partial charge in [0.1, 0.15) is 17.9 Å². The molecule has 2 aromatic carbocycles. The Morgan fingerprint density at radius 3 is 2.48 bits per heavy atom. The molecule has 0 aliphatic heterocycles. The molecule has 2 rings (SSSR count). The third kappa shape index (κ3) is 4.84. The number of esters is 1. The minimum atomic E-state index is -0.591. The molecule has 0 aliphatic carbocycles. The molecule has 110 valence electrons. The Labute approximate surface area is 136 Å². The Morgan fingerprint density at radius 2 is 1.76 bits per heavy atom. The molecule has 2 aromatic rings. The maximum atomic E-state index is 11.8. The number of phenolic OH excluding ortho intramolecular Hbond substituents is 1. The molecular weight excluding hydrogens is 331 g/mol. The number of thioether (sulfide) groups is 1. The quantitative estimate of drug-likeness (QED) is 0.488. The molecule has 0 saturated carbocycles. The highest BCUT2D eigenvalue weighted by Gasteiger charge is 2.13. The van der Waals surface area contributed by atoms with Crippen LogP contribution in [0.1, 0.15) is 10.4 Å². The largest absolute Gasteiger partial charge is 0.507 e. The van der Waals surface area contributed by atoms with Crippen molar-refractivity contribution in [3.05, 3.63) is 58.1 Å². The first-order chi connectivity index (χ1) is 10.1. The lowest BCUT2D eigenvalue weighted by molar-refractivity contribution is 0.0527. The molecule has 21 heavy (non-hydrogen) atoms. The van der Waals surface area contributed by atoms with Gasteiger partial charge in [0, 0.05) is 20.7 Å². The highest BCUT2D eigenvalue weighted by atomic mass is 35.5. The van der Waals surface area contributed by atoms with Gasteiger partial charge in [0.15, 0.2) is 0 Å². The normalized spacial score (nSPS) is 10.4. The molecule has 0 saturated heterocycles. The van der Waals surface area contributed by atoms with E-state index in [4.69, 9.17) is 27.9 Å². The Morgan fingerprint density at radius 1 is 1.10 bits per heavy atom. The molecule has 0 bridgehead atoms. The number of aromatic hydroxyl groups is 1. The molecule has 0 fully saturated rings. The molecule has 0 unspecified atom stereocenters. The molecular formula is C15H12Cl2O3S. The van der Waals surface area contributed by atoms with E-state index in [9.17, 15) is 9.90 Å². The van der Waals surface area contributed by atoms with E-state index in [1.165, 1.54) is 18.2 Å². The summed E-state index contributed by atoms with van der Waals surface area (Å²) in [4.78, 5) is 12.8. The van der Waals surface area contributed by atoms with Crippen LogP contribution in [0.25, 0.3) is 0 Å². The van der Waals surface area contributed by atoms with Crippen molar-refractivity contribution in [1.82, 2.24) is 0 Å². The number of ether oxygens (including phenoxy) is 1. The van der Waals surface area contributed by atoms with Crippen molar-refractivity contribution in [2.45, 2.75) is 4.90 Å². The minimum Gasteiger partial charge on any atom is -0.507 e. The molecule has 0 aliphatic rings. The van der Waals surface area contributed by atoms with Crippen LogP contribution in [0.15, 0.2) is 47.4 Å². The number of hydrogen-bond acceptors (Lipinski definition) is 4. The molecule has 0 spiro atoms. The van der Waals surface area contributed by atoms with Gasteiger partial charge >= 0.3 is 5.97 Å². The van der Waals surface area contributed by atoms with Crippen LogP contribution in [0.3, 0.4) is 0 Å². The van der Waals surface area contributed by atoms with Crippen LogP contribution in [0.5, 0.6) is 5.75 Å². The average molecular weight is 343 g/mol. The summed E-state index contributed by atoms with van der Waals surface area (Å²) in [7, 11) is 0. The maximum absolute atomic E-state index is 11.8. The van der Waals surface area contributed by atoms with Crippen molar-refractivity contribution in [1.29, 1.82) is 0 Å². The topological polar surface area (TPSA) is 46.5 Å². The number of carbonyl (C=O) groups excluding carboxylic acids is 1. The van der Waals surface area contributed by atoms with Crippen LogP contribution in [0.2, 0.25) is 10.0 Å². The van der Waals surface area contributed by atoms with Gasteiger partial charge in [-0.1, -0.05) is 23.2 Å². The number of hydrogen-bond donors (Lipinski definition) is 1. The Balaban J connectivity index is 1.81. The van der Waals surface area contributed by atoms with Crippen LogP contribution >= 0.6 is 35.0 Å². The van der Waals surface area contributed by atoms with E-state index in [1.54, 1.807) is 23.9 Å². The van der Waals surface area contributed by atoms with Crippen molar-refractivity contribution in [2.24, 2.45) is 0 Å². The van der Waals surface area contributed by atoms with Crippen molar-refractivity contribution in [2.75, 3.05) is 12.4 Å². The number of halogens is 2. The average Bonchev–Trinajstić information content (AvgIpc) is 2.47. The summed E-state index contributed by atoms with van der Waals surface area (Å²) in [5.74, 6) is -0.129. The van der Waals surface area contributed by atoms with Gasteiger partial charge in [-0.2, -0.15) is 0 Å². The molecule has 0 aromatic heterocycles. The fourth-order valence-corrected chi connectivity index (χ4v) is 2.60. The summed E-state index contributed by atoms with van der Waals surface area (Å²) in [5, 5.41) is 10.6. The van der Waals surface area contributed by atoms with Crippen LogP contribution in [-0.2, 0) is 4.74 Å². The summed E-state index contributed by atoms with van der Waals surface area (Å²) in [6.45, 7) is 0.234. The second kappa shape index (κ2) is 7.59. The molecule has 0 amide bonds. The SMILES string of the molecule is O=C(OCCSc1ccc(Cl)cc1)c1cc(Cl)ccc1O. The van der Waals surface area contributed by atoms with Crippen molar-refractivity contribution >= 4 is 40.9 Å². The van der Waals surface area contributed by atoms with Crippen LogP contribution in [0, 0.1) is 0 Å². The fraction of sp³-hybridized carbons (Fsp3) is 0.133. The van der Waals surface area contributed by atoms with Crippen LogP contribution in [-0.4, -0.2) is 23.4 Å². The Hall–Kier alpha value is -1.36. The van der Waals surface area contributed by atoms with Gasteiger partial charge in [0.05, 0.1) is 0 Å². The van der Waals surface area contributed by atoms with Crippen LogP contribution < -0.4 is 0 Å². The first-order valence-corrected chi connectivity index (χ1v) is 7.84. The summed E-state index contributed by atoms with van der Waals surface area (Å²) in [5.41, 5.74) is 0.0685. The van der Waals surface area contributed by atoms with Crippen molar-refractivity contribution in [3.63, 3.8) is 0 Å². The third-order valence-electron chi connectivity index (χ3n) is 2.58. The van der Waals surface area contributed by atoms with Crippen LogP contribution in [0.4, 0.5) is 0 Å². The molecule has 6 heteroatoms. The van der Waals surface area contributed by atoms with E-state index in [0.29, 0.717) is 15.8 Å². The van der Waals surface area contributed by atoms with E-state index in [2.05, 4.69) is 0 Å². The summed E-state index contributed by atoms with van der Waals surface area (Å²) < 4.78 is 5.10. The van der Waals surface area contributed by atoms with E-state index >= 15 is 0 Å². The maximum Gasteiger partial charge on any atom is 0.341 e. The van der Waals surface area contributed by atoms with Gasteiger partial charge in [0.2, 0.25) is 0 Å². The van der Waals surface area contributed by atoms with Crippen molar-refractivity contribution < 1.29 is 14.6 Å². The van der Waals surface area contributed by atoms with Gasteiger partial charge in [-0.05, 0) is 42.5 Å². The highest BCUT2D eigenvalue weighted by Crippen LogP contribution is 2.23. The molecule has 0 atom stereocenters. The molecule has 0 heterocycles. The van der Waals surface area contributed by atoms with E-state index in [0.717, 1.165) is 4.90 Å². The second-order valence-corrected chi connectivity index (χ2v) is 6.14. The number of phenols is 1. The van der Waals surface area contributed by atoms with Gasteiger partial charge in [-0.3, -0.25) is 0 Å².